The number of benzene rings is 2. The van der Waals surface area contributed by atoms with Gasteiger partial charge in [0.05, 0.1) is 7.11 Å². The number of amides is 1. The van der Waals surface area contributed by atoms with Crippen molar-refractivity contribution in [1.82, 2.24) is 10.2 Å². The minimum absolute atomic E-state index is 0.0416. The molecule has 1 saturated heterocycles. The van der Waals surface area contributed by atoms with Gasteiger partial charge in [-0.1, -0.05) is 42.0 Å². The maximum absolute atomic E-state index is 12.3. The van der Waals surface area contributed by atoms with E-state index in [4.69, 9.17) is 4.74 Å². The van der Waals surface area contributed by atoms with Crippen LogP contribution in [0.15, 0.2) is 54.6 Å². The maximum Gasteiger partial charge on any atom is 0.244 e. The van der Waals surface area contributed by atoms with E-state index in [-0.39, 0.29) is 11.9 Å². The summed E-state index contributed by atoms with van der Waals surface area (Å²) in [5, 5.41) is 3.13. The summed E-state index contributed by atoms with van der Waals surface area (Å²) in [6, 6.07) is 16.7. The fourth-order valence-electron chi connectivity index (χ4n) is 3.48. The van der Waals surface area contributed by atoms with Crippen LogP contribution in [0.4, 0.5) is 0 Å². The van der Waals surface area contributed by atoms with Gasteiger partial charge in [-0.15, -0.1) is 0 Å². The number of aryl methyl sites for hydroxylation is 1. The largest absolute Gasteiger partial charge is 0.496 e. The molecule has 0 unspecified atom stereocenters. The van der Waals surface area contributed by atoms with Crippen LogP contribution in [0.25, 0.3) is 6.08 Å². The van der Waals surface area contributed by atoms with Gasteiger partial charge in [-0.3, -0.25) is 9.69 Å². The third-order valence-electron chi connectivity index (χ3n) is 4.98. The highest BCUT2D eigenvalue weighted by molar-refractivity contribution is 5.92. The van der Waals surface area contributed by atoms with E-state index in [1.165, 1.54) is 5.56 Å². The first kappa shape index (κ1) is 19.2. The van der Waals surface area contributed by atoms with E-state index in [0.717, 1.165) is 49.4 Å². The van der Waals surface area contributed by atoms with Crippen molar-refractivity contribution in [2.75, 3.05) is 20.2 Å². The molecule has 0 saturated carbocycles. The molecule has 4 nitrogen and oxygen atoms in total. The van der Waals surface area contributed by atoms with Crippen LogP contribution in [-0.2, 0) is 11.3 Å². The zero-order valence-electron chi connectivity index (χ0n) is 16.2. The molecule has 0 radical (unpaired) electrons. The van der Waals surface area contributed by atoms with Crippen molar-refractivity contribution in [2.24, 2.45) is 0 Å². The quantitative estimate of drug-likeness (QED) is 0.793. The summed E-state index contributed by atoms with van der Waals surface area (Å²) in [5.41, 5.74) is 3.40. The fourth-order valence-corrected chi connectivity index (χ4v) is 3.48. The van der Waals surface area contributed by atoms with Gasteiger partial charge in [0.1, 0.15) is 5.75 Å². The van der Waals surface area contributed by atoms with Crippen molar-refractivity contribution in [3.63, 3.8) is 0 Å². The highest BCUT2D eigenvalue weighted by Crippen LogP contribution is 2.21. The Hall–Kier alpha value is -2.59. The van der Waals surface area contributed by atoms with Gasteiger partial charge in [0.15, 0.2) is 0 Å². The number of methoxy groups -OCH3 is 1. The Labute approximate surface area is 161 Å². The van der Waals surface area contributed by atoms with Gasteiger partial charge in [0, 0.05) is 37.3 Å². The number of nitrogens with one attached hydrogen (secondary N) is 1. The molecule has 3 rings (SSSR count). The first-order chi connectivity index (χ1) is 13.1. The third-order valence-corrected chi connectivity index (χ3v) is 4.98. The second-order valence-corrected chi connectivity index (χ2v) is 7.12. The second kappa shape index (κ2) is 9.38. The van der Waals surface area contributed by atoms with Crippen molar-refractivity contribution in [3.05, 3.63) is 71.3 Å². The number of carbonyl (C=O) groups is 1. The summed E-state index contributed by atoms with van der Waals surface area (Å²) in [7, 11) is 1.64. The predicted molar refractivity (Wildman–Crippen MR) is 110 cm³/mol. The van der Waals surface area contributed by atoms with Crippen molar-refractivity contribution < 1.29 is 9.53 Å². The lowest BCUT2D eigenvalue weighted by molar-refractivity contribution is -0.117. The van der Waals surface area contributed by atoms with Crippen LogP contribution in [0.2, 0.25) is 0 Å². The number of rotatable bonds is 6. The van der Waals surface area contributed by atoms with E-state index in [1.54, 1.807) is 13.2 Å². The Morgan fingerprint density at radius 1 is 1.19 bits per heavy atom. The van der Waals surface area contributed by atoms with E-state index in [0.29, 0.717) is 0 Å². The molecule has 1 aliphatic rings. The fraction of sp³-hybridized carbons (Fsp3) is 0.348. The molecule has 1 amide bonds. The average molecular weight is 364 g/mol. The normalized spacial score (nSPS) is 15.8. The first-order valence-electron chi connectivity index (χ1n) is 9.53. The lowest BCUT2D eigenvalue weighted by Gasteiger charge is -2.32. The summed E-state index contributed by atoms with van der Waals surface area (Å²) < 4.78 is 5.35. The second-order valence-electron chi connectivity index (χ2n) is 7.12. The van der Waals surface area contributed by atoms with E-state index in [1.807, 2.05) is 37.3 Å². The number of carbonyl (C=O) groups excluding carboxylic acids is 1. The van der Waals surface area contributed by atoms with E-state index in [2.05, 4.69) is 34.5 Å². The van der Waals surface area contributed by atoms with Crippen molar-refractivity contribution >= 4 is 12.0 Å². The minimum Gasteiger partial charge on any atom is -0.496 e. The van der Waals surface area contributed by atoms with Crippen molar-refractivity contribution in [2.45, 2.75) is 32.4 Å². The molecule has 1 heterocycles. The monoisotopic (exact) mass is 364 g/mol. The van der Waals surface area contributed by atoms with E-state index in [9.17, 15) is 4.79 Å². The minimum atomic E-state index is -0.0416. The molecule has 0 aliphatic carbocycles. The van der Waals surface area contributed by atoms with Gasteiger partial charge < -0.3 is 10.1 Å². The van der Waals surface area contributed by atoms with Gasteiger partial charge in [-0.2, -0.15) is 0 Å². The van der Waals surface area contributed by atoms with Crippen LogP contribution < -0.4 is 10.1 Å². The van der Waals surface area contributed by atoms with Gasteiger partial charge in [-0.25, -0.2) is 0 Å². The summed E-state index contributed by atoms with van der Waals surface area (Å²) in [4.78, 5) is 14.7. The van der Waals surface area contributed by atoms with Crippen molar-refractivity contribution in [3.8, 4) is 5.75 Å². The van der Waals surface area contributed by atoms with E-state index >= 15 is 0 Å². The molecule has 1 aliphatic heterocycles. The zero-order chi connectivity index (χ0) is 19.1. The topological polar surface area (TPSA) is 41.6 Å². The van der Waals surface area contributed by atoms with Crippen LogP contribution in [0, 0.1) is 6.92 Å². The number of ether oxygens (including phenoxy) is 1. The highest BCUT2D eigenvalue weighted by Gasteiger charge is 2.20. The van der Waals surface area contributed by atoms with Crippen molar-refractivity contribution in [1.29, 1.82) is 0 Å². The summed E-state index contributed by atoms with van der Waals surface area (Å²) in [5.74, 6) is 0.735. The lowest BCUT2D eigenvalue weighted by Crippen LogP contribution is -2.43. The number of piperidine rings is 1. The molecule has 142 valence electrons. The first-order valence-corrected chi connectivity index (χ1v) is 9.53. The Kier molecular flexibility index (Phi) is 6.66. The summed E-state index contributed by atoms with van der Waals surface area (Å²) in [6.07, 6.45) is 5.40. The Balaban J connectivity index is 1.47. The average Bonchev–Trinajstić information content (AvgIpc) is 2.69. The zero-order valence-corrected chi connectivity index (χ0v) is 16.2. The van der Waals surface area contributed by atoms with E-state index < -0.39 is 0 Å². The Morgan fingerprint density at radius 3 is 2.63 bits per heavy atom. The SMILES string of the molecule is COc1ccc(C)cc1/C=C/C(=O)NC1CCN(Cc2ccccc2)CC1. The van der Waals surface area contributed by atoms with Crippen LogP contribution in [0.5, 0.6) is 5.75 Å². The smallest absolute Gasteiger partial charge is 0.244 e. The molecule has 0 atom stereocenters. The Bertz CT molecular complexity index is 778. The van der Waals surface area contributed by atoms with Gasteiger partial charge in [0.2, 0.25) is 5.91 Å². The number of hydrogen-bond donors (Lipinski definition) is 1. The van der Waals surface area contributed by atoms with Crippen LogP contribution in [-0.4, -0.2) is 37.0 Å². The maximum atomic E-state index is 12.3. The molecule has 0 bridgehead atoms. The number of likely N-dealkylation sites (tertiary alicyclic amines) is 1. The number of nitrogens with zero attached hydrogens (tertiary/aromatic N) is 1. The molecule has 0 aromatic heterocycles. The third kappa shape index (κ3) is 5.69. The Morgan fingerprint density at radius 2 is 1.93 bits per heavy atom. The molecule has 1 N–H and O–H groups in total. The van der Waals surface area contributed by atoms with Crippen LogP contribution >= 0.6 is 0 Å². The lowest BCUT2D eigenvalue weighted by atomic mass is 10.0. The van der Waals surface area contributed by atoms with Crippen LogP contribution in [0.1, 0.15) is 29.5 Å². The standard InChI is InChI=1S/C23H28N2O2/c1-18-8-10-22(27-2)20(16-18)9-11-23(26)24-21-12-14-25(15-13-21)17-19-6-4-3-5-7-19/h3-11,16,21H,12-15,17H2,1-2H3,(H,24,26)/b11-9+. The number of hydrogen-bond acceptors (Lipinski definition) is 3. The molecule has 27 heavy (non-hydrogen) atoms. The summed E-state index contributed by atoms with van der Waals surface area (Å²) in [6.45, 7) is 5.03. The molecule has 0 spiro atoms. The van der Waals surface area contributed by atoms with Gasteiger partial charge >= 0.3 is 0 Å². The van der Waals surface area contributed by atoms with Crippen LogP contribution in [0.3, 0.4) is 0 Å². The highest BCUT2D eigenvalue weighted by atomic mass is 16.5. The van der Waals surface area contributed by atoms with Gasteiger partial charge in [-0.05, 0) is 43.5 Å². The molecule has 2 aromatic carbocycles. The molecular formula is C23H28N2O2. The predicted octanol–water partition coefficient (Wildman–Crippen LogP) is 3.80. The molecule has 4 heteroatoms. The summed E-state index contributed by atoms with van der Waals surface area (Å²) >= 11 is 0. The molecule has 1 fully saturated rings. The van der Waals surface area contributed by atoms with Gasteiger partial charge in [0.25, 0.3) is 0 Å². The molecular weight excluding hydrogens is 336 g/mol. The molecule has 2 aromatic rings.